The first kappa shape index (κ1) is 17.8. The van der Waals surface area contributed by atoms with Gasteiger partial charge in [0.25, 0.3) is 5.91 Å². The number of amides is 1. The second kappa shape index (κ2) is 8.42. The summed E-state index contributed by atoms with van der Waals surface area (Å²) in [6.07, 6.45) is 2.89. The highest BCUT2D eigenvalue weighted by Gasteiger charge is 2.18. The lowest BCUT2D eigenvalue weighted by molar-refractivity contribution is 0.0681. The predicted octanol–water partition coefficient (Wildman–Crippen LogP) is 2.76. The average Bonchev–Trinajstić information content (AvgIpc) is 3.27. The molecule has 1 saturated heterocycles. The van der Waals surface area contributed by atoms with Crippen LogP contribution in [0.3, 0.4) is 0 Å². The minimum Gasteiger partial charge on any atom is -0.489 e. The van der Waals surface area contributed by atoms with Crippen molar-refractivity contribution in [3.8, 4) is 5.75 Å². The van der Waals surface area contributed by atoms with E-state index < -0.39 is 0 Å². The van der Waals surface area contributed by atoms with Gasteiger partial charge in [-0.1, -0.05) is 6.07 Å². The number of carbonyl (C=O) groups is 1. The Hall–Kier alpha value is -1.96. The Morgan fingerprint density at radius 1 is 1.52 bits per heavy atom. The van der Waals surface area contributed by atoms with E-state index in [1.165, 1.54) is 11.3 Å². The number of ether oxygens (including phenoxy) is 2. The molecule has 134 valence electrons. The van der Waals surface area contributed by atoms with Crippen LogP contribution in [0.15, 0.2) is 23.6 Å². The molecule has 7 heteroatoms. The Balaban J connectivity index is 1.68. The summed E-state index contributed by atoms with van der Waals surface area (Å²) in [6.45, 7) is 3.79. The lowest BCUT2D eigenvalue weighted by Crippen LogP contribution is -2.18. The molecule has 1 fully saturated rings. The van der Waals surface area contributed by atoms with E-state index >= 15 is 0 Å². The maximum atomic E-state index is 12.5. The van der Waals surface area contributed by atoms with Crippen molar-refractivity contribution in [2.24, 2.45) is 5.73 Å². The number of aryl methyl sites for hydroxylation is 1. The van der Waals surface area contributed by atoms with Crippen LogP contribution in [0, 0.1) is 6.92 Å². The van der Waals surface area contributed by atoms with Crippen LogP contribution in [0.2, 0.25) is 0 Å². The number of nitrogens with zero attached hydrogens (tertiary/aromatic N) is 1. The molecule has 1 aromatic heterocycles. The summed E-state index contributed by atoms with van der Waals surface area (Å²) >= 11 is 1.45. The van der Waals surface area contributed by atoms with E-state index in [9.17, 15) is 4.79 Å². The van der Waals surface area contributed by atoms with Crippen LogP contribution in [-0.4, -0.2) is 36.8 Å². The topological polar surface area (TPSA) is 86.5 Å². The number of nitrogens with two attached hydrogens (primary N) is 1. The van der Waals surface area contributed by atoms with E-state index in [2.05, 4.69) is 10.3 Å². The molecule has 0 aliphatic carbocycles. The van der Waals surface area contributed by atoms with E-state index in [0.717, 1.165) is 30.0 Å². The fraction of sp³-hybridized carbons (Fsp3) is 0.444. The number of rotatable bonds is 7. The first-order valence-electron chi connectivity index (χ1n) is 8.46. The molecular weight excluding hydrogens is 338 g/mol. The van der Waals surface area contributed by atoms with Crippen molar-refractivity contribution in [3.05, 3.63) is 39.8 Å². The number of anilines is 1. The third-order valence-electron chi connectivity index (χ3n) is 3.98. The zero-order valence-corrected chi connectivity index (χ0v) is 15.1. The molecule has 0 bridgehead atoms. The molecular formula is C18H23N3O3S. The Bertz CT molecular complexity index is 726. The van der Waals surface area contributed by atoms with Crippen molar-refractivity contribution in [2.45, 2.75) is 32.3 Å². The van der Waals surface area contributed by atoms with Gasteiger partial charge in [-0.05, 0) is 44.0 Å². The standard InChI is InChI=1S/C18H23N3O3S/c1-12-4-5-14(16(9-12)24-10-13-3-2-8-23-13)21-18(22)15-11-25-17(20-15)6-7-19/h4-5,9,11,13H,2-3,6-8,10,19H2,1H3,(H,21,22). The summed E-state index contributed by atoms with van der Waals surface area (Å²) in [6, 6.07) is 5.71. The summed E-state index contributed by atoms with van der Waals surface area (Å²) < 4.78 is 11.5. The van der Waals surface area contributed by atoms with Crippen LogP contribution in [0.1, 0.15) is 33.9 Å². The van der Waals surface area contributed by atoms with E-state index in [1.807, 2.05) is 25.1 Å². The number of aromatic nitrogens is 1. The zero-order chi connectivity index (χ0) is 17.6. The van der Waals surface area contributed by atoms with Crippen molar-refractivity contribution >= 4 is 22.9 Å². The summed E-state index contributed by atoms with van der Waals surface area (Å²) in [5.74, 6) is 0.409. The Labute approximate surface area is 151 Å². The van der Waals surface area contributed by atoms with E-state index in [4.69, 9.17) is 15.2 Å². The monoisotopic (exact) mass is 361 g/mol. The maximum absolute atomic E-state index is 12.5. The summed E-state index contributed by atoms with van der Waals surface area (Å²) in [5, 5.41) is 5.51. The minimum absolute atomic E-state index is 0.126. The fourth-order valence-corrected chi connectivity index (χ4v) is 3.44. The first-order chi connectivity index (χ1) is 12.2. The van der Waals surface area contributed by atoms with Gasteiger partial charge in [-0.15, -0.1) is 11.3 Å². The normalized spacial score (nSPS) is 16.8. The largest absolute Gasteiger partial charge is 0.489 e. The molecule has 1 aliphatic rings. The smallest absolute Gasteiger partial charge is 0.275 e. The fourth-order valence-electron chi connectivity index (χ4n) is 2.65. The average molecular weight is 361 g/mol. The van der Waals surface area contributed by atoms with E-state index in [1.54, 1.807) is 5.38 Å². The molecule has 0 spiro atoms. The van der Waals surface area contributed by atoms with Crippen molar-refractivity contribution < 1.29 is 14.3 Å². The Morgan fingerprint density at radius 3 is 3.16 bits per heavy atom. The highest BCUT2D eigenvalue weighted by Crippen LogP contribution is 2.27. The molecule has 1 aromatic carbocycles. The van der Waals surface area contributed by atoms with Crippen molar-refractivity contribution in [2.75, 3.05) is 25.1 Å². The summed E-state index contributed by atoms with van der Waals surface area (Å²) in [4.78, 5) is 16.8. The van der Waals surface area contributed by atoms with Crippen molar-refractivity contribution in [3.63, 3.8) is 0 Å². The van der Waals surface area contributed by atoms with Crippen LogP contribution in [0.25, 0.3) is 0 Å². The van der Waals surface area contributed by atoms with Crippen molar-refractivity contribution in [1.82, 2.24) is 4.98 Å². The van der Waals surface area contributed by atoms with Gasteiger partial charge in [-0.3, -0.25) is 4.79 Å². The summed E-state index contributed by atoms with van der Waals surface area (Å²) in [7, 11) is 0. The molecule has 2 heterocycles. The lowest BCUT2D eigenvalue weighted by atomic mass is 10.2. The number of thiazole rings is 1. The first-order valence-corrected chi connectivity index (χ1v) is 9.34. The van der Waals surface area contributed by atoms with Crippen LogP contribution in [0.4, 0.5) is 5.69 Å². The second-order valence-corrected chi connectivity index (χ2v) is 7.01. The third kappa shape index (κ3) is 4.78. The van der Waals surface area contributed by atoms with Gasteiger partial charge in [-0.2, -0.15) is 0 Å². The Kier molecular flexibility index (Phi) is 6.01. The van der Waals surface area contributed by atoms with Gasteiger partial charge in [0.1, 0.15) is 18.1 Å². The van der Waals surface area contributed by atoms with Gasteiger partial charge in [0, 0.05) is 18.4 Å². The highest BCUT2D eigenvalue weighted by atomic mass is 32.1. The molecule has 3 rings (SSSR count). The number of hydrogen-bond donors (Lipinski definition) is 2. The molecule has 1 atom stereocenters. The number of nitrogens with one attached hydrogen (secondary N) is 1. The lowest BCUT2D eigenvalue weighted by Gasteiger charge is -2.15. The van der Waals surface area contributed by atoms with Gasteiger partial charge >= 0.3 is 0 Å². The molecule has 0 saturated carbocycles. The highest BCUT2D eigenvalue weighted by molar-refractivity contribution is 7.09. The zero-order valence-electron chi connectivity index (χ0n) is 14.3. The number of carbonyl (C=O) groups excluding carboxylic acids is 1. The molecule has 2 aromatic rings. The van der Waals surface area contributed by atoms with Gasteiger partial charge in [0.15, 0.2) is 0 Å². The molecule has 0 radical (unpaired) electrons. The maximum Gasteiger partial charge on any atom is 0.275 e. The van der Waals surface area contributed by atoms with Gasteiger partial charge in [0.2, 0.25) is 0 Å². The van der Waals surface area contributed by atoms with Crippen LogP contribution in [0.5, 0.6) is 5.75 Å². The SMILES string of the molecule is Cc1ccc(NC(=O)c2csc(CCN)n2)c(OCC2CCCO2)c1. The van der Waals surface area contributed by atoms with Gasteiger partial charge in [0.05, 0.1) is 16.8 Å². The molecule has 1 amide bonds. The molecule has 1 unspecified atom stereocenters. The molecule has 25 heavy (non-hydrogen) atoms. The molecule has 3 N–H and O–H groups in total. The predicted molar refractivity (Wildman–Crippen MR) is 98.5 cm³/mol. The molecule has 1 aliphatic heterocycles. The number of hydrogen-bond acceptors (Lipinski definition) is 6. The molecule has 6 nitrogen and oxygen atoms in total. The van der Waals surface area contributed by atoms with Gasteiger partial charge in [-0.25, -0.2) is 4.98 Å². The minimum atomic E-state index is -0.245. The summed E-state index contributed by atoms with van der Waals surface area (Å²) in [5.41, 5.74) is 7.64. The van der Waals surface area contributed by atoms with Crippen LogP contribution in [-0.2, 0) is 11.2 Å². The van der Waals surface area contributed by atoms with E-state index in [0.29, 0.717) is 36.7 Å². The van der Waals surface area contributed by atoms with Gasteiger partial charge < -0.3 is 20.5 Å². The van der Waals surface area contributed by atoms with Crippen LogP contribution < -0.4 is 15.8 Å². The quantitative estimate of drug-likeness (QED) is 0.792. The van der Waals surface area contributed by atoms with Crippen LogP contribution >= 0.6 is 11.3 Å². The van der Waals surface area contributed by atoms with Crippen molar-refractivity contribution in [1.29, 1.82) is 0 Å². The van der Waals surface area contributed by atoms with E-state index in [-0.39, 0.29) is 12.0 Å². The Morgan fingerprint density at radius 2 is 2.40 bits per heavy atom. The third-order valence-corrected chi connectivity index (χ3v) is 4.89. The number of benzene rings is 1. The second-order valence-electron chi connectivity index (χ2n) is 6.06.